The maximum absolute atomic E-state index is 13.9. The molecule has 2 unspecified atom stereocenters. The van der Waals surface area contributed by atoms with Crippen LogP contribution < -0.4 is 10.6 Å². The predicted molar refractivity (Wildman–Crippen MR) is 184 cm³/mol. The van der Waals surface area contributed by atoms with Gasteiger partial charge in [0.1, 0.15) is 28.4 Å². The molecule has 3 aromatic rings. The van der Waals surface area contributed by atoms with Crippen LogP contribution in [-0.2, 0) is 38.3 Å². The van der Waals surface area contributed by atoms with Crippen molar-refractivity contribution in [3.8, 4) is 0 Å². The van der Waals surface area contributed by atoms with E-state index in [0.717, 1.165) is 22.5 Å². The molecular formula is C33H32ClN5O8S2. The number of carbonyl (C=O) groups is 5. The molecule has 2 N–H and O–H groups in total. The number of halogens is 1. The summed E-state index contributed by atoms with van der Waals surface area (Å²) in [5, 5.41) is 9.85. The third kappa shape index (κ3) is 8.47. The van der Waals surface area contributed by atoms with E-state index in [9.17, 15) is 24.0 Å². The Morgan fingerprint density at radius 1 is 1.10 bits per heavy atom. The third-order valence-corrected chi connectivity index (χ3v) is 9.46. The van der Waals surface area contributed by atoms with E-state index >= 15 is 0 Å². The minimum absolute atomic E-state index is 0.0148. The second kappa shape index (κ2) is 15.7. The average Bonchev–Trinajstić information content (AvgIpc) is 3.55. The Balaban J connectivity index is 1.34. The molecule has 0 aliphatic carbocycles. The molecule has 1 fully saturated rings. The van der Waals surface area contributed by atoms with Crippen LogP contribution in [0.15, 0.2) is 82.5 Å². The first-order chi connectivity index (χ1) is 23.5. The molecule has 49 heavy (non-hydrogen) atoms. The predicted octanol–water partition coefficient (Wildman–Crippen LogP) is 4.00. The molecule has 0 spiro atoms. The summed E-state index contributed by atoms with van der Waals surface area (Å²) >= 11 is 8.60. The van der Waals surface area contributed by atoms with Crippen molar-refractivity contribution in [1.82, 2.24) is 15.2 Å². The highest BCUT2D eigenvalue weighted by atomic mass is 35.5. The number of aromatic nitrogens is 1. The first-order valence-corrected chi connectivity index (χ1v) is 17.4. The second-order valence-corrected chi connectivity index (χ2v) is 13.9. The van der Waals surface area contributed by atoms with E-state index in [1.54, 1.807) is 20.8 Å². The van der Waals surface area contributed by atoms with Gasteiger partial charge in [-0.2, -0.15) is 0 Å². The number of alkyl halides is 1. The number of rotatable bonds is 13. The molecule has 13 nitrogen and oxygen atoms in total. The number of benzene rings is 2. The van der Waals surface area contributed by atoms with Crippen LogP contribution >= 0.6 is 34.7 Å². The fourth-order valence-corrected chi connectivity index (χ4v) is 7.29. The first-order valence-electron chi connectivity index (χ1n) is 14.9. The van der Waals surface area contributed by atoms with Crippen molar-refractivity contribution in [3.05, 3.63) is 94.1 Å². The number of amides is 3. The maximum Gasteiger partial charge on any atom is 0.356 e. The number of carbonyl (C=O) groups excluding carboxylic acids is 5. The number of hydrogen-bond donors (Lipinski definition) is 2. The van der Waals surface area contributed by atoms with Crippen molar-refractivity contribution in [2.24, 2.45) is 5.16 Å². The number of esters is 2. The van der Waals surface area contributed by atoms with Crippen molar-refractivity contribution in [2.75, 3.05) is 23.6 Å². The van der Waals surface area contributed by atoms with Crippen LogP contribution in [-0.4, -0.2) is 81.0 Å². The van der Waals surface area contributed by atoms with E-state index in [0.29, 0.717) is 17.7 Å². The molecule has 3 amide bonds. The Hall–Kier alpha value is -4.73. The van der Waals surface area contributed by atoms with Gasteiger partial charge in [0, 0.05) is 17.0 Å². The number of nitrogens with one attached hydrogen (secondary N) is 2. The standard InChI is InChI=1S/C33H32ClN5O8S2/c1-33(2,3)47-23(41)15-45-38-24(22-17-49-32(36-22)35-18-40)28(42)37-25-29(43)39-26(21(14-34)16-48-30(25)39)31(44)46-27(19-10-6-4-7-11-19)20-12-8-5-9-13-20/h4-13,17-18,25,27,30H,14-16H2,1-3H3,(H,37,42)(H,35,36,40)/b38-24+. The Labute approximate surface area is 295 Å². The van der Waals surface area contributed by atoms with Crippen molar-refractivity contribution >= 4 is 75.7 Å². The third-order valence-electron chi connectivity index (χ3n) is 7.02. The summed E-state index contributed by atoms with van der Waals surface area (Å²) in [6, 6.07) is 17.4. The Morgan fingerprint density at radius 3 is 2.35 bits per heavy atom. The van der Waals surface area contributed by atoms with Crippen LogP contribution in [0.1, 0.15) is 43.7 Å². The minimum atomic E-state index is -1.06. The number of anilines is 1. The summed E-state index contributed by atoms with van der Waals surface area (Å²) in [5.74, 6) is -2.56. The van der Waals surface area contributed by atoms with E-state index in [2.05, 4.69) is 20.8 Å². The van der Waals surface area contributed by atoms with Crippen LogP contribution in [0.2, 0.25) is 0 Å². The molecule has 2 aliphatic rings. The Kier molecular flexibility index (Phi) is 11.4. The van der Waals surface area contributed by atoms with Gasteiger partial charge in [0.05, 0.1) is 0 Å². The zero-order valence-corrected chi connectivity index (χ0v) is 29.0. The Bertz CT molecular complexity index is 1740. The van der Waals surface area contributed by atoms with Crippen molar-refractivity contribution < 1.29 is 38.3 Å². The zero-order chi connectivity index (χ0) is 35.1. The number of ether oxygens (including phenoxy) is 2. The summed E-state index contributed by atoms with van der Waals surface area (Å²) < 4.78 is 11.3. The highest BCUT2D eigenvalue weighted by Gasteiger charge is 2.55. The van der Waals surface area contributed by atoms with E-state index in [-0.39, 0.29) is 28.1 Å². The highest BCUT2D eigenvalue weighted by molar-refractivity contribution is 8.00. The van der Waals surface area contributed by atoms with Crippen LogP contribution in [0.4, 0.5) is 5.13 Å². The molecule has 1 saturated heterocycles. The summed E-state index contributed by atoms with van der Waals surface area (Å²) in [6.45, 7) is 4.46. The average molecular weight is 726 g/mol. The molecule has 2 aliphatic heterocycles. The molecule has 0 bridgehead atoms. The molecule has 3 heterocycles. The smallest absolute Gasteiger partial charge is 0.356 e. The van der Waals surface area contributed by atoms with Gasteiger partial charge in [0.2, 0.25) is 13.0 Å². The molecule has 0 saturated carbocycles. The molecule has 0 radical (unpaired) electrons. The lowest BCUT2D eigenvalue weighted by Crippen LogP contribution is -2.71. The number of oxime groups is 1. The van der Waals surface area contributed by atoms with Gasteiger partial charge in [-0.25, -0.2) is 14.6 Å². The number of nitrogens with zero attached hydrogens (tertiary/aromatic N) is 3. The number of thiazole rings is 1. The molecule has 256 valence electrons. The monoisotopic (exact) mass is 725 g/mol. The van der Waals surface area contributed by atoms with Gasteiger partial charge in [0.25, 0.3) is 11.8 Å². The largest absolute Gasteiger partial charge is 0.457 e. The zero-order valence-electron chi connectivity index (χ0n) is 26.6. The Morgan fingerprint density at radius 2 is 1.76 bits per heavy atom. The lowest BCUT2D eigenvalue weighted by atomic mass is 10.0. The molecule has 2 atom stereocenters. The molecule has 2 aromatic carbocycles. The lowest BCUT2D eigenvalue weighted by molar-refractivity contribution is -0.160. The van der Waals surface area contributed by atoms with Crippen LogP contribution in [0.25, 0.3) is 0 Å². The highest BCUT2D eigenvalue weighted by Crippen LogP contribution is 2.42. The van der Waals surface area contributed by atoms with Crippen LogP contribution in [0.5, 0.6) is 0 Å². The van der Waals surface area contributed by atoms with Crippen LogP contribution in [0.3, 0.4) is 0 Å². The van der Waals surface area contributed by atoms with Gasteiger partial charge in [0.15, 0.2) is 16.9 Å². The van der Waals surface area contributed by atoms with Crippen molar-refractivity contribution in [1.29, 1.82) is 0 Å². The normalized spacial score (nSPS) is 17.5. The summed E-state index contributed by atoms with van der Waals surface area (Å²) in [4.78, 5) is 74.7. The quantitative estimate of drug-likeness (QED) is 0.0657. The van der Waals surface area contributed by atoms with Gasteiger partial charge < -0.3 is 24.9 Å². The fraction of sp³-hybridized carbons (Fsp3) is 0.303. The van der Waals surface area contributed by atoms with E-state index in [4.69, 9.17) is 25.9 Å². The van der Waals surface area contributed by atoms with Crippen molar-refractivity contribution in [2.45, 2.75) is 43.9 Å². The first kappa shape index (κ1) is 35.6. The summed E-state index contributed by atoms with van der Waals surface area (Å²) in [6.07, 6.45) is -0.330. The van der Waals surface area contributed by atoms with Gasteiger partial charge in [-0.3, -0.25) is 19.3 Å². The minimum Gasteiger partial charge on any atom is -0.457 e. The van der Waals surface area contributed by atoms with Gasteiger partial charge in [-0.15, -0.1) is 34.7 Å². The van der Waals surface area contributed by atoms with Gasteiger partial charge in [-0.1, -0.05) is 65.8 Å². The lowest BCUT2D eigenvalue weighted by Gasteiger charge is -2.49. The molecule has 5 rings (SSSR count). The van der Waals surface area contributed by atoms with Gasteiger partial charge >= 0.3 is 11.9 Å². The summed E-state index contributed by atoms with van der Waals surface area (Å²) in [7, 11) is 0. The molecule has 1 aromatic heterocycles. The van der Waals surface area contributed by atoms with Crippen molar-refractivity contribution in [3.63, 3.8) is 0 Å². The summed E-state index contributed by atoms with van der Waals surface area (Å²) in [5.41, 5.74) is 0.937. The van der Waals surface area contributed by atoms with E-state index < -0.39 is 53.5 Å². The second-order valence-electron chi connectivity index (χ2n) is 11.7. The number of β-lactam (4-membered cyclic amide) rings is 1. The van der Waals surface area contributed by atoms with E-state index in [1.165, 1.54) is 22.0 Å². The van der Waals surface area contributed by atoms with Gasteiger partial charge in [-0.05, 0) is 37.5 Å². The topological polar surface area (TPSA) is 166 Å². The SMILES string of the molecule is CC(C)(C)OC(=O)CO/N=C(/C(=O)NC1C(=O)N2C(C(=O)OC(c3ccccc3)c3ccccc3)=C(CCl)CSC12)c1csc(NC=O)n1. The van der Waals surface area contributed by atoms with E-state index in [1.807, 2.05) is 60.7 Å². The van der Waals surface area contributed by atoms with Crippen LogP contribution in [0, 0.1) is 0 Å². The maximum atomic E-state index is 13.9. The molecular weight excluding hydrogens is 694 g/mol. The number of fused-ring (bicyclic) bond motifs is 1. The molecule has 16 heteroatoms. The number of thioether (sulfide) groups is 1. The fourth-order valence-electron chi connectivity index (χ4n) is 4.96. The number of hydrogen-bond acceptors (Lipinski definition) is 12.